The Morgan fingerprint density at radius 2 is 2.10 bits per heavy atom. The van der Waals surface area contributed by atoms with Gasteiger partial charge < -0.3 is 5.32 Å². The number of pyridine rings is 1. The monoisotopic (exact) mass is 302 g/mol. The lowest BCUT2D eigenvalue weighted by molar-refractivity contribution is 0.695. The fourth-order valence-corrected chi connectivity index (χ4v) is 3.03. The molecular formula is C16H19ClN4. The van der Waals surface area contributed by atoms with E-state index < -0.39 is 0 Å². The van der Waals surface area contributed by atoms with E-state index in [4.69, 9.17) is 16.6 Å². The Hall–Kier alpha value is -1.68. The molecule has 1 aliphatic rings. The second kappa shape index (κ2) is 6.39. The first-order chi connectivity index (χ1) is 10.3. The average Bonchev–Trinajstić information content (AvgIpc) is 3.02. The second-order valence-corrected chi connectivity index (χ2v) is 5.75. The minimum absolute atomic E-state index is 0.534. The van der Waals surface area contributed by atoms with Gasteiger partial charge in [0.15, 0.2) is 5.82 Å². The van der Waals surface area contributed by atoms with E-state index in [9.17, 15) is 0 Å². The number of anilines is 1. The number of hydrogen-bond acceptors (Lipinski definition) is 4. The van der Waals surface area contributed by atoms with E-state index in [0.717, 1.165) is 18.1 Å². The van der Waals surface area contributed by atoms with Gasteiger partial charge in [-0.15, -0.1) is 0 Å². The van der Waals surface area contributed by atoms with Crippen molar-refractivity contribution in [3.05, 3.63) is 35.1 Å². The Morgan fingerprint density at radius 1 is 1.29 bits per heavy atom. The Kier molecular flexibility index (Phi) is 4.34. The zero-order chi connectivity index (χ0) is 14.7. The van der Waals surface area contributed by atoms with E-state index in [1.165, 1.54) is 25.7 Å². The fourth-order valence-electron chi connectivity index (χ4n) is 2.82. The van der Waals surface area contributed by atoms with Gasteiger partial charge in [0.2, 0.25) is 0 Å². The van der Waals surface area contributed by atoms with Crippen molar-refractivity contribution >= 4 is 17.4 Å². The molecule has 0 amide bonds. The lowest BCUT2D eigenvalue weighted by Crippen LogP contribution is -2.06. The average molecular weight is 303 g/mol. The normalized spacial score (nSPS) is 15.3. The van der Waals surface area contributed by atoms with Crippen molar-refractivity contribution in [1.82, 2.24) is 15.0 Å². The highest BCUT2D eigenvalue weighted by Gasteiger charge is 2.21. The summed E-state index contributed by atoms with van der Waals surface area (Å²) in [5, 5.41) is 3.87. The third-order valence-corrected chi connectivity index (χ3v) is 4.15. The lowest BCUT2D eigenvalue weighted by Gasteiger charge is -2.13. The molecule has 0 unspecified atom stereocenters. The van der Waals surface area contributed by atoms with Crippen LogP contribution in [0.2, 0.25) is 5.02 Å². The van der Waals surface area contributed by atoms with Crippen LogP contribution in [0.5, 0.6) is 0 Å². The Morgan fingerprint density at radius 3 is 2.81 bits per heavy atom. The second-order valence-electron chi connectivity index (χ2n) is 5.35. The van der Waals surface area contributed by atoms with E-state index >= 15 is 0 Å². The maximum Gasteiger partial charge on any atom is 0.181 e. The quantitative estimate of drug-likeness (QED) is 0.915. The van der Waals surface area contributed by atoms with Gasteiger partial charge in [-0.2, -0.15) is 0 Å². The summed E-state index contributed by atoms with van der Waals surface area (Å²) < 4.78 is 0. The molecule has 0 aromatic carbocycles. The molecule has 0 spiro atoms. The van der Waals surface area contributed by atoms with E-state index in [2.05, 4.69) is 28.3 Å². The largest absolute Gasteiger partial charge is 0.370 e. The number of halogens is 1. The number of rotatable bonds is 4. The number of nitrogens with one attached hydrogen (secondary N) is 1. The highest BCUT2D eigenvalue weighted by atomic mass is 35.5. The molecule has 0 bridgehead atoms. The van der Waals surface area contributed by atoms with Gasteiger partial charge in [0.1, 0.15) is 11.5 Å². The van der Waals surface area contributed by atoms with Gasteiger partial charge >= 0.3 is 0 Å². The fraction of sp³-hybridized carbons (Fsp3) is 0.438. The molecule has 2 heterocycles. The van der Waals surface area contributed by atoms with Crippen LogP contribution in [-0.4, -0.2) is 21.5 Å². The summed E-state index contributed by atoms with van der Waals surface area (Å²) in [7, 11) is 0. The third kappa shape index (κ3) is 3.16. The molecule has 0 atom stereocenters. The molecular weight excluding hydrogens is 284 g/mol. The third-order valence-electron chi connectivity index (χ3n) is 3.85. The van der Waals surface area contributed by atoms with E-state index in [0.29, 0.717) is 22.5 Å². The highest BCUT2D eigenvalue weighted by molar-refractivity contribution is 6.32. The molecule has 0 saturated heterocycles. The number of hydrogen-bond donors (Lipinski definition) is 1. The molecule has 1 fully saturated rings. The minimum Gasteiger partial charge on any atom is -0.370 e. The molecule has 1 N–H and O–H groups in total. The molecule has 1 aliphatic carbocycles. The molecule has 2 aromatic rings. The van der Waals surface area contributed by atoms with Crippen molar-refractivity contribution in [2.24, 2.45) is 0 Å². The van der Waals surface area contributed by atoms with Crippen LogP contribution in [0.15, 0.2) is 24.4 Å². The molecule has 5 heteroatoms. The smallest absolute Gasteiger partial charge is 0.181 e. The van der Waals surface area contributed by atoms with Crippen LogP contribution in [0.3, 0.4) is 0 Å². The first-order valence-electron chi connectivity index (χ1n) is 7.51. The van der Waals surface area contributed by atoms with Crippen LogP contribution < -0.4 is 5.32 Å². The standard InChI is InChI=1S/C16H19ClN4/c1-2-18-14-10-13(11-6-3-4-7-11)20-16(21-14)15-12(17)8-5-9-19-15/h5,8-11H,2-4,6-7H2,1H3,(H,18,20,21). The molecule has 0 radical (unpaired) electrons. The Bertz CT molecular complexity index is 623. The highest BCUT2D eigenvalue weighted by Crippen LogP contribution is 2.35. The predicted octanol–water partition coefficient (Wildman–Crippen LogP) is 4.28. The maximum atomic E-state index is 6.24. The number of nitrogens with zero attached hydrogens (tertiary/aromatic N) is 3. The van der Waals surface area contributed by atoms with Crippen molar-refractivity contribution in [3.63, 3.8) is 0 Å². The van der Waals surface area contributed by atoms with Crippen LogP contribution >= 0.6 is 11.6 Å². The predicted molar refractivity (Wildman–Crippen MR) is 85.6 cm³/mol. The zero-order valence-electron chi connectivity index (χ0n) is 12.1. The van der Waals surface area contributed by atoms with E-state index in [1.807, 2.05) is 12.1 Å². The number of aromatic nitrogens is 3. The summed E-state index contributed by atoms with van der Waals surface area (Å²) in [5.41, 5.74) is 1.76. The SMILES string of the molecule is CCNc1cc(C2CCCC2)nc(-c2ncccc2Cl)n1. The van der Waals surface area contributed by atoms with E-state index in [1.54, 1.807) is 6.20 Å². The summed E-state index contributed by atoms with van der Waals surface area (Å²) in [6.07, 6.45) is 6.70. The van der Waals surface area contributed by atoms with Crippen molar-refractivity contribution in [2.75, 3.05) is 11.9 Å². The van der Waals surface area contributed by atoms with Gasteiger partial charge in [-0.05, 0) is 31.9 Å². The summed E-state index contributed by atoms with van der Waals surface area (Å²) in [4.78, 5) is 13.6. The van der Waals surface area contributed by atoms with Crippen molar-refractivity contribution < 1.29 is 0 Å². The zero-order valence-corrected chi connectivity index (χ0v) is 12.9. The van der Waals surface area contributed by atoms with Crippen LogP contribution in [0.1, 0.15) is 44.2 Å². The van der Waals surface area contributed by atoms with Crippen LogP contribution in [0.4, 0.5) is 5.82 Å². The van der Waals surface area contributed by atoms with E-state index in [-0.39, 0.29) is 0 Å². The first kappa shape index (κ1) is 14.3. The van der Waals surface area contributed by atoms with Crippen LogP contribution in [0.25, 0.3) is 11.5 Å². The lowest BCUT2D eigenvalue weighted by atomic mass is 10.0. The molecule has 1 saturated carbocycles. The van der Waals surface area contributed by atoms with Gasteiger partial charge in [-0.1, -0.05) is 24.4 Å². The van der Waals surface area contributed by atoms with Gasteiger partial charge in [-0.3, -0.25) is 4.98 Å². The van der Waals surface area contributed by atoms with Crippen LogP contribution in [-0.2, 0) is 0 Å². The summed E-state index contributed by atoms with van der Waals surface area (Å²) >= 11 is 6.24. The molecule has 2 aromatic heterocycles. The molecule has 21 heavy (non-hydrogen) atoms. The van der Waals surface area contributed by atoms with Crippen molar-refractivity contribution in [3.8, 4) is 11.5 Å². The topological polar surface area (TPSA) is 50.7 Å². The van der Waals surface area contributed by atoms with Crippen molar-refractivity contribution in [1.29, 1.82) is 0 Å². The summed E-state index contributed by atoms with van der Waals surface area (Å²) in [5.74, 6) is 2.00. The Labute approximate surface area is 130 Å². The van der Waals surface area contributed by atoms with Gasteiger partial charge in [0, 0.05) is 30.4 Å². The minimum atomic E-state index is 0.534. The Balaban J connectivity index is 2.04. The van der Waals surface area contributed by atoms with Crippen molar-refractivity contribution in [2.45, 2.75) is 38.5 Å². The van der Waals surface area contributed by atoms with Crippen LogP contribution in [0, 0.1) is 0 Å². The summed E-state index contributed by atoms with van der Waals surface area (Å²) in [6, 6.07) is 5.71. The summed E-state index contributed by atoms with van der Waals surface area (Å²) in [6.45, 7) is 2.89. The van der Waals surface area contributed by atoms with Gasteiger partial charge in [0.05, 0.1) is 5.02 Å². The maximum absolute atomic E-state index is 6.24. The van der Waals surface area contributed by atoms with Gasteiger partial charge in [0.25, 0.3) is 0 Å². The van der Waals surface area contributed by atoms with Gasteiger partial charge in [-0.25, -0.2) is 9.97 Å². The first-order valence-corrected chi connectivity index (χ1v) is 7.89. The molecule has 0 aliphatic heterocycles. The molecule has 3 rings (SSSR count). The molecule has 4 nitrogen and oxygen atoms in total. The molecule has 110 valence electrons.